The summed E-state index contributed by atoms with van der Waals surface area (Å²) in [5, 5.41) is 0. The lowest BCUT2D eigenvalue weighted by atomic mass is 10.1. The van der Waals surface area contributed by atoms with Gasteiger partial charge in [0.15, 0.2) is 11.5 Å². The van der Waals surface area contributed by atoms with Crippen LogP contribution in [0.4, 0.5) is 10.1 Å². The molecular formula is C20H26ClFN2O3. The van der Waals surface area contributed by atoms with Gasteiger partial charge in [-0.05, 0) is 42.0 Å². The van der Waals surface area contributed by atoms with Crippen LogP contribution in [0.2, 0.25) is 0 Å². The van der Waals surface area contributed by atoms with Crippen molar-refractivity contribution in [3.63, 3.8) is 0 Å². The van der Waals surface area contributed by atoms with Gasteiger partial charge < -0.3 is 19.1 Å². The van der Waals surface area contributed by atoms with Crippen LogP contribution in [0.1, 0.15) is 5.56 Å². The van der Waals surface area contributed by atoms with Crippen LogP contribution < -0.4 is 19.1 Å². The molecule has 0 N–H and O–H groups in total. The standard InChI is InChI=1S/C20H25FN2O3.ClH/c1-24-18-12-15(13-19(25-2)20(18)26-3)14-22-8-10-23(11-9-22)17-6-4-16(21)5-7-17;/h4-7,12-13H,8-11,14H2,1-3H3;1H. The van der Waals surface area contributed by atoms with Gasteiger partial charge in [-0.3, -0.25) is 4.90 Å². The number of methoxy groups -OCH3 is 3. The number of anilines is 1. The third-order valence-electron chi connectivity index (χ3n) is 4.69. The zero-order valence-corrected chi connectivity index (χ0v) is 16.7. The van der Waals surface area contributed by atoms with Crippen LogP contribution in [-0.2, 0) is 6.54 Å². The van der Waals surface area contributed by atoms with Crippen LogP contribution in [0.15, 0.2) is 36.4 Å². The monoisotopic (exact) mass is 396 g/mol. The molecule has 1 fully saturated rings. The summed E-state index contributed by atoms with van der Waals surface area (Å²) >= 11 is 0. The molecule has 0 aromatic heterocycles. The van der Waals surface area contributed by atoms with Crippen LogP contribution in [0, 0.1) is 5.82 Å². The van der Waals surface area contributed by atoms with Crippen LogP contribution in [0.5, 0.6) is 17.2 Å². The van der Waals surface area contributed by atoms with Crippen LogP contribution in [0.25, 0.3) is 0 Å². The molecule has 1 aliphatic rings. The largest absolute Gasteiger partial charge is 0.493 e. The van der Waals surface area contributed by atoms with Gasteiger partial charge >= 0.3 is 0 Å². The molecule has 3 rings (SSSR count). The highest BCUT2D eigenvalue weighted by atomic mass is 35.5. The zero-order valence-electron chi connectivity index (χ0n) is 15.9. The van der Waals surface area contributed by atoms with Crippen molar-refractivity contribution in [1.29, 1.82) is 0 Å². The van der Waals surface area contributed by atoms with Crippen LogP contribution in [-0.4, -0.2) is 52.4 Å². The van der Waals surface area contributed by atoms with E-state index < -0.39 is 0 Å². The van der Waals surface area contributed by atoms with Crippen LogP contribution >= 0.6 is 12.4 Å². The molecule has 0 atom stereocenters. The van der Waals surface area contributed by atoms with Crippen molar-refractivity contribution in [3.05, 3.63) is 47.8 Å². The Balaban J connectivity index is 0.00000261. The maximum Gasteiger partial charge on any atom is 0.203 e. The van der Waals surface area contributed by atoms with E-state index in [0.717, 1.165) is 44.0 Å². The summed E-state index contributed by atoms with van der Waals surface area (Å²) < 4.78 is 29.3. The van der Waals surface area contributed by atoms with Gasteiger partial charge in [0, 0.05) is 38.4 Å². The third kappa shape index (κ3) is 4.96. The molecular weight excluding hydrogens is 371 g/mol. The highest BCUT2D eigenvalue weighted by Crippen LogP contribution is 2.38. The van der Waals surface area contributed by atoms with E-state index >= 15 is 0 Å². The molecule has 148 valence electrons. The maximum atomic E-state index is 13.1. The van der Waals surface area contributed by atoms with Gasteiger partial charge in [-0.1, -0.05) is 0 Å². The Hall–Kier alpha value is -2.18. The maximum absolute atomic E-state index is 13.1. The Morgan fingerprint density at radius 2 is 1.41 bits per heavy atom. The van der Waals surface area contributed by atoms with E-state index in [2.05, 4.69) is 9.80 Å². The molecule has 0 radical (unpaired) electrons. The molecule has 27 heavy (non-hydrogen) atoms. The average Bonchev–Trinajstić information content (AvgIpc) is 2.68. The van der Waals surface area contributed by atoms with Crippen molar-refractivity contribution in [2.45, 2.75) is 6.54 Å². The molecule has 0 saturated carbocycles. The lowest BCUT2D eigenvalue weighted by molar-refractivity contribution is 0.248. The predicted octanol–water partition coefficient (Wildman–Crippen LogP) is 3.60. The first-order chi connectivity index (χ1) is 12.6. The Morgan fingerprint density at radius 1 is 0.852 bits per heavy atom. The molecule has 5 nitrogen and oxygen atoms in total. The number of halogens is 2. The molecule has 0 unspecified atom stereocenters. The van der Waals surface area contributed by atoms with E-state index in [0.29, 0.717) is 17.2 Å². The van der Waals surface area contributed by atoms with E-state index in [-0.39, 0.29) is 18.2 Å². The lowest BCUT2D eigenvalue weighted by Gasteiger charge is -2.36. The smallest absolute Gasteiger partial charge is 0.203 e. The molecule has 0 aliphatic carbocycles. The summed E-state index contributed by atoms with van der Waals surface area (Å²) in [5.41, 5.74) is 2.19. The van der Waals surface area contributed by atoms with Gasteiger partial charge in [0.1, 0.15) is 5.82 Å². The fraction of sp³-hybridized carbons (Fsp3) is 0.400. The van der Waals surface area contributed by atoms with Crippen LogP contribution in [0.3, 0.4) is 0 Å². The second-order valence-corrected chi connectivity index (χ2v) is 6.27. The van der Waals surface area contributed by atoms with Crippen molar-refractivity contribution in [2.24, 2.45) is 0 Å². The summed E-state index contributed by atoms with van der Waals surface area (Å²) in [6.45, 7) is 4.52. The first kappa shape index (κ1) is 21.1. The highest BCUT2D eigenvalue weighted by molar-refractivity contribution is 5.85. The van der Waals surface area contributed by atoms with Gasteiger partial charge in [0.2, 0.25) is 5.75 Å². The van der Waals surface area contributed by atoms with Crippen molar-refractivity contribution < 1.29 is 18.6 Å². The molecule has 0 spiro atoms. The molecule has 0 bridgehead atoms. The minimum atomic E-state index is -0.199. The highest BCUT2D eigenvalue weighted by Gasteiger charge is 2.19. The quantitative estimate of drug-likeness (QED) is 0.745. The summed E-state index contributed by atoms with van der Waals surface area (Å²) in [4.78, 5) is 4.67. The number of ether oxygens (including phenoxy) is 3. The van der Waals surface area contributed by atoms with E-state index in [4.69, 9.17) is 14.2 Å². The topological polar surface area (TPSA) is 34.2 Å². The summed E-state index contributed by atoms with van der Waals surface area (Å²) in [5.74, 6) is 1.76. The second kappa shape index (κ2) is 9.67. The Kier molecular flexibility index (Phi) is 7.56. The summed E-state index contributed by atoms with van der Waals surface area (Å²) in [7, 11) is 4.86. The Morgan fingerprint density at radius 3 is 1.89 bits per heavy atom. The number of piperazine rings is 1. The third-order valence-corrected chi connectivity index (χ3v) is 4.69. The minimum Gasteiger partial charge on any atom is -0.493 e. The molecule has 0 amide bonds. The van der Waals surface area contributed by atoms with Crippen molar-refractivity contribution in [3.8, 4) is 17.2 Å². The van der Waals surface area contributed by atoms with E-state index in [1.807, 2.05) is 24.3 Å². The summed E-state index contributed by atoms with van der Waals surface area (Å²) in [6.07, 6.45) is 0. The van der Waals surface area contributed by atoms with Crippen molar-refractivity contribution in [2.75, 3.05) is 52.4 Å². The van der Waals surface area contributed by atoms with Crippen molar-refractivity contribution in [1.82, 2.24) is 4.90 Å². The lowest BCUT2D eigenvalue weighted by Crippen LogP contribution is -2.45. The van der Waals surface area contributed by atoms with E-state index in [1.165, 1.54) is 12.1 Å². The Bertz CT molecular complexity index is 710. The minimum absolute atomic E-state index is 0. The molecule has 2 aromatic rings. The van der Waals surface area contributed by atoms with E-state index in [9.17, 15) is 4.39 Å². The predicted molar refractivity (Wildman–Crippen MR) is 107 cm³/mol. The van der Waals surface area contributed by atoms with Gasteiger partial charge in [-0.25, -0.2) is 4.39 Å². The number of rotatable bonds is 6. The van der Waals surface area contributed by atoms with Gasteiger partial charge in [0.05, 0.1) is 21.3 Å². The number of benzene rings is 2. The fourth-order valence-electron chi connectivity index (χ4n) is 3.30. The number of hydrogen-bond donors (Lipinski definition) is 0. The molecule has 7 heteroatoms. The van der Waals surface area contributed by atoms with Crippen molar-refractivity contribution >= 4 is 18.1 Å². The zero-order chi connectivity index (χ0) is 18.5. The number of hydrogen-bond acceptors (Lipinski definition) is 5. The van der Waals surface area contributed by atoms with E-state index in [1.54, 1.807) is 21.3 Å². The fourth-order valence-corrected chi connectivity index (χ4v) is 3.30. The van der Waals surface area contributed by atoms with Gasteiger partial charge in [-0.2, -0.15) is 0 Å². The SMILES string of the molecule is COc1cc(CN2CCN(c3ccc(F)cc3)CC2)cc(OC)c1OC.Cl. The average molecular weight is 397 g/mol. The summed E-state index contributed by atoms with van der Waals surface area (Å²) in [6, 6.07) is 10.7. The molecule has 1 saturated heterocycles. The van der Waals surface area contributed by atoms with Gasteiger partial charge in [-0.15, -0.1) is 12.4 Å². The molecule has 1 aliphatic heterocycles. The first-order valence-corrected chi connectivity index (χ1v) is 8.66. The first-order valence-electron chi connectivity index (χ1n) is 8.66. The second-order valence-electron chi connectivity index (χ2n) is 6.27. The molecule has 2 aromatic carbocycles. The van der Waals surface area contributed by atoms with Gasteiger partial charge in [0.25, 0.3) is 0 Å². The molecule has 1 heterocycles. The normalized spacial score (nSPS) is 14.4. The number of nitrogens with zero attached hydrogens (tertiary/aromatic N) is 2. The Labute approximate surface area is 166 Å².